The minimum Gasteiger partial charge on any atom is -0.507 e. The van der Waals surface area contributed by atoms with Gasteiger partial charge in [-0.3, -0.25) is 9.59 Å². The van der Waals surface area contributed by atoms with Gasteiger partial charge >= 0.3 is 0 Å². The number of methoxy groups -OCH3 is 1. The molecular formula is C25H27NO6. The van der Waals surface area contributed by atoms with Crippen LogP contribution in [0.5, 0.6) is 11.5 Å². The number of benzene rings is 2. The van der Waals surface area contributed by atoms with Crippen LogP contribution in [-0.2, 0) is 14.3 Å². The molecule has 32 heavy (non-hydrogen) atoms. The van der Waals surface area contributed by atoms with Gasteiger partial charge in [0, 0.05) is 19.2 Å². The Morgan fingerprint density at radius 1 is 1.12 bits per heavy atom. The van der Waals surface area contributed by atoms with Crippen LogP contribution >= 0.6 is 0 Å². The first-order valence-electron chi connectivity index (χ1n) is 10.4. The number of ketones is 1. The molecule has 1 heterocycles. The van der Waals surface area contributed by atoms with Crippen molar-refractivity contribution in [1.82, 2.24) is 4.90 Å². The van der Waals surface area contributed by atoms with E-state index >= 15 is 0 Å². The molecule has 1 aliphatic heterocycles. The highest BCUT2D eigenvalue weighted by Crippen LogP contribution is 2.40. The molecule has 0 unspecified atom stereocenters. The summed E-state index contributed by atoms with van der Waals surface area (Å²) >= 11 is 0. The SMILES string of the molecule is C=CCOc1ccc(C(O)=C2C(=O)C(=O)N(CCOC)[C@H]2c2cccc(OCC)c2)cc1. The average Bonchev–Trinajstić information content (AvgIpc) is 3.06. The molecule has 7 heteroatoms. The van der Waals surface area contributed by atoms with E-state index in [-0.39, 0.29) is 24.5 Å². The molecule has 1 N–H and O–H groups in total. The fourth-order valence-electron chi connectivity index (χ4n) is 3.61. The second kappa shape index (κ2) is 10.6. The Labute approximate surface area is 187 Å². The van der Waals surface area contributed by atoms with Crippen molar-refractivity contribution in [3.05, 3.63) is 77.9 Å². The van der Waals surface area contributed by atoms with E-state index in [4.69, 9.17) is 14.2 Å². The topological polar surface area (TPSA) is 85.3 Å². The minimum absolute atomic E-state index is 0.0273. The predicted octanol–water partition coefficient (Wildman–Crippen LogP) is 3.72. The highest BCUT2D eigenvalue weighted by Gasteiger charge is 2.46. The van der Waals surface area contributed by atoms with Crippen molar-refractivity contribution in [1.29, 1.82) is 0 Å². The van der Waals surface area contributed by atoms with Crippen LogP contribution in [0.2, 0.25) is 0 Å². The number of hydrogen-bond donors (Lipinski definition) is 1. The number of likely N-dealkylation sites (tertiary alicyclic amines) is 1. The van der Waals surface area contributed by atoms with E-state index in [0.717, 1.165) is 0 Å². The third kappa shape index (κ3) is 4.84. The van der Waals surface area contributed by atoms with Crippen LogP contribution in [0.3, 0.4) is 0 Å². The summed E-state index contributed by atoms with van der Waals surface area (Å²) in [7, 11) is 1.53. The molecule has 2 aromatic carbocycles. The molecule has 0 spiro atoms. The van der Waals surface area contributed by atoms with Crippen LogP contribution < -0.4 is 9.47 Å². The van der Waals surface area contributed by atoms with Gasteiger partial charge in [-0.15, -0.1) is 0 Å². The second-order valence-electron chi connectivity index (χ2n) is 7.11. The van der Waals surface area contributed by atoms with E-state index in [1.165, 1.54) is 12.0 Å². The van der Waals surface area contributed by atoms with Crippen LogP contribution in [0, 0.1) is 0 Å². The van der Waals surface area contributed by atoms with E-state index in [1.54, 1.807) is 54.6 Å². The zero-order valence-electron chi connectivity index (χ0n) is 18.2. The van der Waals surface area contributed by atoms with Gasteiger partial charge in [-0.05, 0) is 48.9 Å². The van der Waals surface area contributed by atoms with Crippen molar-refractivity contribution >= 4 is 17.4 Å². The third-order valence-electron chi connectivity index (χ3n) is 5.06. The lowest BCUT2D eigenvalue weighted by Crippen LogP contribution is -2.32. The van der Waals surface area contributed by atoms with Gasteiger partial charge in [-0.2, -0.15) is 0 Å². The summed E-state index contributed by atoms with van der Waals surface area (Å²) in [5.74, 6) is -0.446. The number of carbonyl (C=O) groups excluding carboxylic acids is 2. The van der Waals surface area contributed by atoms with E-state index in [2.05, 4.69) is 6.58 Å². The summed E-state index contributed by atoms with van der Waals surface area (Å²) in [6, 6.07) is 13.1. The summed E-state index contributed by atoms with van der Waals surface area (Å²) in [6.07, 6.45) is 1.63. The molecule has 0 radical (unpaired) electrons. The number of Topliss-reactive ketones (excluding diaryl/α,β-unsaturated/α-hetero) is 1. The first-order chi connectivity index (χ1) is 15.5. The van der Waals surface area contributed by atoms with Gasteiger partial charge in [0.2, 0.25) is 0 Å². The quantitative estimate of drug-likeness (QED) is 0.264. The number of amides is 1. The maximum absolute atomic E-state index is 13.0. The lowest BCUT2D eigenvalue weighted by Gasteiger charge is -2.25. The standard InChI is InChI=1S/C25H27NO6/c1-4-14-32-19-11-9-17(10-12-19)23(27)21-22(18-7-6-8-20(16-18)31-5-2)26(13-15-30-3)25(29)24(21)28/h4,6-12,16,22,27H,1,5,13-15H2,2-3H3/t22-/m0/s1. The van der Waals surface area contributed by atoms with Crippen LogP contribution in [-0.4, -0.2) is 55.2 Å². The first kappa shape index (κ1) is 23.1. The number of ether oxygens (including phenoxy) is 3. The molecule has 2 aromatic rings. The van der Waals surface area contributed by atoms with Gasteiger partial charge in [-0.1, -0.05) is 24.8 Å². The van der Waals surface area contributed by atoms with E-state index in [0.29, 0.717) is 35.8 Å². The molecule has 3 rings (SSSR count). The number of nitrogens with zero attached hydrogens (tertiary/aromatic N) is 1. The fourth-order valence-corrected chi connectivity index (χ4v) is 3.61. The summed E-state index contributed by atoms with van der Waals surface area (Å²) in [4.78, 5) is 27.2. The molecule has 0 aromatic heterocycles. The summed E-state index contributed by atoms with van der Waals surface area (Å²) in [5.41, 5.74) is 1.10. The number of hydrogen-bond acceptors (Lipinski definition) is 6. The number of aliphatic hydroxyl groups excluding tert-OH is 1. The van der Waals surface area contributed by atoms with Crippen molar-refractivity contribution in [3.8, 4) is 11.5 Å². The molecule has 168 valence electrons. The summed E-state index contributed by atoms with van der Waals surface area (Å²) in [6.45, 7) is 6.77. The van der Waals surface area contributed by atoms with Crippen molar-refractivity contribution in [2.45, 2.75) is 13.0 Å². The average molecular weight is 437 g/mol. The van der Waals surface area contributed by atoms with Gasteiger partial charge in [0.05, 0.1) is 24.8 Å². The maximum atomic E-state index is 13.0. The van der Waals surface area contributed by atoms with Gasteiger partial charge in [0.15, 0.2) is 0 Å². The first-order valence-corrected chi connectivity index (χ1v) is 10.4. The Morgan fingerprint density at radius 2 is 1.88 bits per heavy atom. The molecule has 1 saturated heterocycles. The third-order valence-corrected chi connectivity index (χ3v) is 5.06. The monoisotopic (exact) mass is 437 g/mol. The number of carbonyl (C=O) groups is 2. The van der Waals surface area contributed by atoms with E-state index in [1.807, 2.05) is 6.92 Å². The van der Waals surface area contributed by atoms with E-state index < -0.39 is 17.7 Å². The molecule has 0 saturated carbocycles. The minimum atomic E-state index is -0.762. The zero-order valence-corrected chi connectivity index (χ0v) is 18.2. The lowest BCUT2D eigenvalue weighted by atomic mass is 9.95. The van der Waals surface area contributed by atoms with Gasteiger partial charge < -0.3 is 24.2 Å². The number of aliphatic hydroxyl groups is 1. The van der Waals surface area contributed by atoms with Crippen LogP contribution in [0.4, 0.5) is 0 Å². The maximum Gasteiger partial charge on any atom is 0.295 e. The van der Waals surface area contributed by atoms with E-state index in [9.17, 15) is 14.7 Å². The van der Waals surface area contributed by atoms with Crippen LogP contribution in [0.15, 0.2) is 66.8 Å². The molecule has 1 atom stereocenters. The van der Waals surface area contributed by atoms with Crippen LogP contribution in [0.25, 0.3) is 5.76 Å². The lowest BCUT2D eigenvalue weighted by molar-refractivity contribution is -0.140. The molecule has 1 aliphatic rings. The normalized spacial score (nSPS) is 17.4. The van der Waals surface area contributed by atoms with Gasteiger partial charge in [0.25, 0.3) is 11.7 Å². The molecule has 0 aliphatic carbocycles. The number of rotatable bonds is 10. The largest absolute Gasteiger partial charge is 0.507 e. The van der Waals surface area contributed by atoms with Crippen molar-refractivity contribution in [3.63, 3.8) is 0 Å². The van der Waals surface area contributed by atoms with Gasteiger partial charge in [-0.25, -0.2) is 0 Å². The molecule has 1 amide bonds. The van der Waals surface area contributed by atoms with Crippen LogP contribution in [0.1, 0.15) is 24.1 Å². The Balaban J connectivity index is 2.07. The smallest absolute Gasteiger partial charge is 0.295 e. The fraction of sp³-hybridized carbons (Fsp3) is 0.280. The molecule has 0 bridgehead atoms. The Hall–Kier alpha value is -3.58. The molecule has 7 nitrogen and oxygen atoms in total. The van der Waals surface area contributed by atoms with Gasteiger partial charge in [0.1, 0.15) is 23.9 Å². The summed E-state index contributed by atoms with van der Waals surface area (Å²) in [5, 5.41) is 11.1. The molecular weight excluding hydrogens is 410 g/mol. The zero-order chi connectivity index (χ0) is 23.1. The van der Waals surface area contributed by atoms with Crippen molar-refractivity contribution in [2.75, 3.05) is 33.5 Å². The Bertz CT molecular complexity index is 1010. The van der Waals surface area contributed by atoms with Crippen molar-refractivity contribution < 1.29 is 28.9 Å². The van der Waals surface area contributed by atoms with Crippen molar-refractivity contribution in [2.24, 2.45) is 0 Å². The molecule has 1 fully saturated rings. The predicted molar refractivity (Wildman–Crippen MR) is 121 cm³/mol. The highest BCUT2D eigenvalue weighted by molar-refractivity contribution is 6.46. The summed E-state index contributed by atoms with van der Waals surface area (Å²) < 4.78 is 16.2. The Kier molecular flexibility index (Phi) is 7.68. The second-order valence-corrected chi connectivity index (χ2v) is 7.11. The highest BCUT2D eigenvalue weighted by atomic mass is 16.5. The Morgan fingerprint density at radius 3 is 2.53 bits per heavy atom.